The average Bonchev–Trinajstić information content (AvgIpc) is 3.52. The minimum absolute atomic E-state index is 0.0249. The SMILES string of the molecule is Cn1cnc2cc(COc3cccc4c3[C@@H](CN3C(=O)c5ccccc5C3=O)N(C(=O)C3CCCCC3)CC4)ccc21. The predicted molar refractivity (Wildman–Crippen MR) is 158 cm³/mol. The molecule has 1 fully saturated rings. The van der Waals surface area contributed by atoms with Crippen LogP contribution in [-0.2, 0) is 24.9 Å². The van der Waals surface area contributed by atoms with Gasteiger partial charge in [-0.3, -0.25) is 19.3 Å². The van der Waals surface area contributed by atoms with Gasteiger partial charge in [0.15, 0.2) is 0 Å². The fraction of sp³-hybridized carbons (Fsp3) is 0.353. The fourth-order valence-electron chi connectivity index (χ4n) is 6.91. The number of carbonyl (C=O) groups is 3. The normalized spacial score (nSPS) is 18.8. The summed E-state index contributed by atoms with van der Waals surface area (Å²) in [5, 5.41) is 0. The van der Waals surface area contributed by atoms with Crippen molar-refractivity contribution >= 4 is 28.8 Å². The summed E-state index contributed by atoms with van der Waals surface area (Å²) in [5.74, 6) is 0.154. The van der Waals surface area contributed by atoms with E-state index in [1.807, 2.05) is 46.8 Å². The van der Waals surface area contributed by atoms with Gasteiger partial charge >= 0.3 is 0 Å². The molecule has 3 heterocycles. The molecule has 2 aliphatic heterocycles. The van der Waals surface area contributed by atoms with Crippen LogP contribution in [0.5, 0.6) is 5.75 Å². The molecule has 0 unspecified atom stereocenters. The summed E-state index contributed by atoms with van der Waals surface area (Å²) in [4.78, 5) is 48.6. The Morgan fingerprint density at radius 1 is 0.952 bits per heavy atom. The molecule has 3 amide bonds. The third-order valence-corrected chi connectivity index (χ3v) is 9.14. The number of imide groups is 1. The molecule has 42 heavy (non-hydrogen) atoms. The van der Waals surface area contributed by atoms with Crippen molar-refractivity contribution in [1.82, 2.24) is 19.4 Å². The Balaban J connectivity index is 1.23. The maximum absolute atomic E-state index is 14.0. The van der Waals surface area contributed by atoms with E-state index in [2.05, 4.69) is 11.1 Å². The number of carbonyl (C=O) groups excluding carboxylic acids is 3. The van der Waals surface area contributed by atoms with Gasteiger partial charge in [-0.25, -0.2) is 4.98 Å². The molecule has 214 valence electrons. The number of fused-ring (bicyclic) bond motifs is 3. The van der Waals surface area contributed by atoms with Crippen molar-refractivity contribution in [3.8, 4) is 5.75 Å². The third kappa shape index (κ3) is 4.55. The van der Waals surface area contributed by atoms with Crippen LogP contribution in [0.1, 0.15) is 75.6 Å². The van der Waals surface area contributed by atoms with E-state index in [4.69, 9.17) is 4.74 Å². The second-order valence-electron chi connectivity index (χ2n) is 11.7. The van der Waals surface area contributed by atoms with Gasteiger partial charge in [0, 0.05) is 25.1 Å². The molecule has 1 aromatic heterocycles. The van der Waals surface area contributed by atoms with E-state index < -0.39 is 6.04 Å². The highest BCUT2D eigenvalue weighted by molar-refractivity contribution is 6.21. The van der Waals surface area contributed by atoms with E-state index in [9.17, 15) is 14.4 Å². The molecule has 0 N–H and O–H groups in total. The van der Waals surface area contributed by atoms with Crippen LogP contribution in [0.15, 0.2) is 67.0 Å². The standard InChI is InChI=1S/C34H34N4O4/c1-36-21-35-27-18-22(14-15-28(27)36)20-42-30-13-7-10-23-16-17-37(32(39)24-8-3-2-4-9-24)29(31(23)30)19-38-33(40)25-11-5-6-12-26(25)34(38)41/h5-7,10-15,18,21,24,29H,2-4,8-9,16-17,19-20H2,1H3/t29-/m1/s1. The lowest BCUT2D eigenvalue weighted by molar-refractivity contribution is -0.140. The summed E-state index contributed by atoms with van der Waals surface area (Å²) in [7, 11) is 1.97. The first kappa shape index (κ1) is 26.4. The van der Waals surface area contributed by atoms with E-state index >= 15 is 0 Å². The maximum atomic E-state index is 14.0. The van der Waals surface area contributed by atoms with E-state index in [0.29, 0.717) is 36.4 Å². The van der Waals surface area contributed by atoms with E-state index in [1.165, 1.54) is 4.90 Å². The minimum Gasteiger partial charge on any atom is -0.489 e. The molecule has 0 spiro atoms. The van der Waals surface area contributed by atoms with E-state index in [-0.39, 0.29) is 30.2 Å². The number of aryl methyl sites for hydroxylation is 1. The second kappa shape index (κ2) is 10.7. The largest absolute Gasteiger partial charge is 0.489 e. The van der Waals surface area contributed by atoms with Crippen molar-refractivity contribution in [3.63, 3.8) is 0 Å². The van der Waals surface area contributed by atoms with Crippen LogP contribution in [0, 0.1) is 5.92 Å². The fourth-order valence-corrected chi connectivity index (χ4v) is 6.91. The zero-order valence-electron chi connectivity index (χ0n) is 23.8. The molecule has 3 aliphatic rings. The molecule has 1 atom stereocenters. The number of hydrogen-bond acceptors (Lipinski definition) is 5. The van der Waals surface area contributed by atoms with Crippen molar-refractivity contribution in [2.75, 3.05) is 13.1 Å². The van der Waals surface area contributed by atoms with Crippen LogP contribution in [0.3, 0.4) is 0 Å². The molecule has 4 aromatic rings. The highest BCUT2D eigenvalue weighted by atomic mass is 16.5. The van der Waals surface area contributed by atoms with Crippen molar-refractivity contribution < 1.29 is 19.1 Å². The summed E-state index contributed by atoms with van der Waals surface area (Å²) in [6.07, 6.45) is 7.53. The minimum atomic E-state index is -0.486. The zero-order valence-corrected chi connectivity index (χ0v) is 23.8. The van der Waals surface area contributed by atoms with Crippen molar-refractivity contribution in [1.29, 1.82) is 0 Å². The van der Waals surface area contributed by atoms with Crippen molar-refractivity contribution in [3.05, 3.63) is 94.8 Å². The molecule has 0 radical (unpaired) electrons. The highest BCUT2D eigenvalue weighted by Gasteiger charge is 2.42. The van der Waals surface area contributed by atoms with Crippen molar-refractivity contribution in [2.24, 2.45) is 13.0 Å². The van der Waals surface area contributed by atoms with Gasteiger partial charge < -0.3 is 14.2 Å². The van der Waals surface area contributed by atoms with Gasteiger partial charge in [0.1, 0.15) is 12.4 Å². The van der Waals surface area contributed by atoms with Gasteiger partial charge in [-0.15, -0.1) is 0 Å². The third-order valence-electron chi connectivity index (χ3n) is 9.14. The summed E-state index contributed by atoms with van der Waals surface area (Å²) in [5.41, 5.74) is 5.75. The maximum Gasteiger partial charge on any atom is 0.261 e. The molecule has 0 saturated heterocycles. The summed E-state index contributed by atoms with van der Waals surface area (Å²) < 4.78 is 8.45. The molecular weight excluding hydrogens is 528 g/mol. The predicted octanol–water partition coefficient (Wildman–Crippen LogP) is 5.45. The van der Waals surface area contributed by atoms with E-state index in [0.717, 1.165) is 59.8 Å². The van der Waals surface area contributed by atoms with Crippen LogP contribution >= 0.6 is 0 Å². The van der Waals surface area contributed by atoms with Gasteiger partial charge in [0.05, 0.1) is 41.1 Å². The number of rotatable bonds is 6. The van der Waals surface area contributed by atoms with Gasteiger partial charge in [0.2, 0.25) is 5.91 Å². The number of ether oxygens (including phenoxy) is 1. The lowest BCUT2D eigenvalue weighted by Gasteiger charge is -2.41. The Morgan fingerprint density at radius 3 is 2.48 bits per heavy atom. The number of amides is 3. The molecule has 8 heteroatoms. The molecule has 0 bridgehead atoms. The molecule has 7 rings (SSSR count). The van der Waals surface area contributed by atoms with Crippen LogP contribution in [-0.4, -0.2) is 50.2 Å². The molecule has 1 saturated carbocycles. The Bertz CT molecular complexity index is 1670. The number of imidazole rings is 1. The summed E-state index contributed by atoms with van der Waals surface area (Å²) in [6.45, 7) is 0.979. The molecule has 1 aliphatic carbocycles. The quantitative estimate of drug-likeness (QED) is 0.292. The average molecular weight is 563 g/mol. The summed E-state index contributed by atoms with van der Waals surface area (Å²) >= 11 is 0. The Labute approximate surface area is 244 Å². The smallest absolute Gasteiger partial charge is 0.261 e. The first-order chi connectivity index (χ1) is 20.5. The van der Waals surface area contributed by atoms with Crippen LogP contribution in [0.4, 0.5) is 0 Å². The monoisotopic (exact) mass is 562 g/mol. The van der Waals surface area contributed by atoms with Gasteiger partial charge in [-0.2, -0.15) is 0 Å². The number of aromatic nitrogens is 2. The first-order valence-electron chi connectivity index (χ1n) is 14.9. The van der Waals surface area contributed by atoms with Gasteiger partial charge in [0.25, 0.3) is 11.8 Å². The number of benzene rings is 3. The van der Waals surface area contributed by atoms with Crippen LogP contribution in [0.25, 0.3) is 11.0 Å². The Morgan fingerprint density at radius 2 is 1.71 bits per heavy atom. The zero-order chi connectivity index (χ0) is 28.8. The van der Waals surface area contributed by atoms with Gasteiger partial charge in [-0.05, 0) is 60.7 Å². The number of nitrogens with zero attached hydrogens (tertiary/aromatic N) is 4. The van der Waals surface area contributed by atoms with Crippen LogP contribution in [0.2, 0.25) is 0 Å². The Hall–Kier alpha value is -4.46. The van der Waals surface area contributed by atoms with Gasteiger partial charge in [-0.1, -0.05) is 49.6 Å². The van der Waals surface area contributed by atoms with E-state index in [1.54, 1.807) is 30.6 Å². The highest BCUT2D eigenvalue weighted by Crippen LogP contribution is 2.40. The molecule has 3 aromatic carbocycles. The first-order valence-corrected chi connectivity index (χ1v) is 14.9. The summed E-state index contributed by atoms with van der Waals surface area (Å²) in [6, 6.07) is 18.5. The molecule has 8 nitrogen and oxygen atoms in total. The molecular formula is C34H34N4O4. The van der Waals surface area contributed by atoms with Crippen LogP contribution < -0.4 is 4.74 Å². The Kier molecular flexibility index (Phi) is 6.76. The second-order valence-corrected chi connectivity index (χ2v) is 11.7. The lowest BCUT2D eigenvalue weighted by atomic mass is 9.85. The lowest BCUT2D eigenvalue weighted by Crippen LogP contribution is -2.48. The van der Waals surface area contributed by atoms with Crippen molar-refractivity contribution in [2.45, 2.75) is 51.2 Å². The number of hydrogen-bond donors (Lipinski definition) is 0. The topological polar surface area (TPSA) is 84.7 Å².